The van der Waals surface area contributed by atoms with Gasteiger partial charge in [-0.3, -0.25) is 4.79 Å². The zero-order valence-corrected chi connectivity index (χ0v) is 18.5. The second-order valence-electron chi connectivity index (χ2n) is 9.67. The summed E-state index contributed by atoms with van der Waals surface area (Å²) in [5.74, 6) is -1.64. The molecule has 6 nitrogen and oxygen atoms in total. The van der Waals surface area contributed by atoms with E-state index < -0.39 is 17.5 Å². The van der Waals surface area contributed by atoms with E-state index in [-0.39, 0.29) is 23.2 Å². The molecule has 1 saturated heterocycles. The van der Waals surface area contributed by atoms with Crippen LogP contribution in [0.1, 0.15) is 68.6 Å². The molecule has 2 aliphatic carbocycles. The number of amides is 1. The van der Waals surface area contributed by atoms with Gasteiger partial charge in [0.2, 0.25) is 0 Å². The van der Waals surface area contributed by atoms with Gasteiger partial charge in [-0.25, -0.2) is 8.78 Å². The SMILES string of the molecule is CCc1oc(N2CCC3(CC3)C2)nc1C(=O)Nc1cc(F)c(OC2CCC(C)C2)c(F)c1. The van der Waals surface area contributed by atoms with Crippen molar-refractivity contribution in [3.8, 4) is 5.75 Å². The van der Waals surface area contributed by atoms with Gasteiger partial charge in [-0.05, 0) is 49.9 Å². The fraction of sp³-hybridized carbons (Fsp3) is 0.583. The van der Waals surface area contributed by atoms with Crippen LogP contribution in [0.25, 0.3) is 0 Å². The van der Waals surface area contributed by atoms with Crippen LogP contribution in [-0.4, -0.2) is 30.1 Å². The minimum Gasteiger partial charge on any atom is -0.484 e. The van der Waals surface area contributed by atoms with Crippen molar-refractivity contribution in [2.75, 3.05) is 23.3 Å². The zero-order chi connectivity index (χ0) is 22.5. The summed E-state index contributed by atoms with van der Waals surface area (Å²) in [5, 5.41) is 2.56. The van der Waals surface area contributed by atoms with E-state index in [1.165, 1.54) is 12.8 Å². The number of carbonyl (C=O) groups is 1. The molecule has 32 heavy (non-hydrogen) atoms. The molecule has 2 unspecified atom stereocenters. The van der Waals surface area contributed by atoms with Crippen molar-refractivity contribution in [2.24, 2.45) is 11.3 Å². The van der Waals surface area contributed by atoms with Gasteiger partial charge in [0.05, 0.1) is 6.10 Å². The lowest BCUT2D eigenvalue weighted by atomic mass is 10.1. The summed E-state index contributed by atoms with van der Waals surface area (Å²) < 4.78 is 40.6. The average molecular weight is 446 g/mol. The Morgan fingerprint density at radius 3 is 2.62 bits per heavy atom. The van der Waals surface area contributed by atoms with E-state index in [0.29, 0.717) is 29.5 Å². The van der Waals surface area contributed by atoms with Crippen LogP contribution >= 0.6 is 0 Å². The minimum atomic E-state index is -0.830. The Morgan fingerprint density at radius 1 is 1.28 bits per heavy atom. The predicted octanol–water partition coefficient (Wildman–Crippen LogP) is 5.33. The number of hydrogen-bond acceptors (Lipinski definition) is 5. The second-order valence-corrected chi connectivity index (χ2v) is 9.67. The summed E-state index contributed by atoms with van der Waals surface area (Å²) in [5.41, 5.74) is 0.570. The van der Waals surface area contributed by atoms with Crippen LogP contribution in [0.2, 0.25) is 0 Å². The Morgan fingerprint density at radius 2 is 2.03 bits per heavy atom. The highest BCUT2D eigenvalue weighted by molar-refractivity contribution is 6.03. The fourth-order valence-corrected chi connectivity index (χ4v) is 4.94. The van der Waals surface area contributed by atoms with E-state index in [9.17, 15) is 13.6 Å². The molecule has 2 heterocycles. The average Bonchev–Trinajstić information content (AvgIpc) is 3.09. The summed E-state index contributed by atoms with van der Waals surface area (Å²) in [6, 6.07) is 2.61. The molecule has 2 saturated carbocycles. The summed E-state index contributed by atoms with van der Waals surface area (Å²) >= 11 is 0. The first-order chi connectivity index (χ1) is 15.4. The number of aryl methyl sites for hydroxylation is 1. The highest BCUT2D eigenvalue weighted by Gasteiger charge is 2.48. The van der Waals surface area contributed by atoms with Gasteiger partial charge in [-0.1, -0.05) is 13.8 Å². The summed E-state index contributed by atoms with van der Waals surface area (Å²) in [6.45, 7) is 5.74. The number of oxazole rings is 1. The Bertz CT molecular complexity index is 1010. The highest BCUT2D eigenvalue weighted by Crippen LogP contribution is 2.53. The van der Waals surface area contributed by atoms with Gasteiger partial charge in [-0.15, -0.1) is 0 Å². The maximum absolute atomic E-state index is 14.6. The van der Waals surface area contributed by atoms with Gasteiger partial charge < -0.3 is 19.4 Å². The van der Waals surface area contributed by atoms with Crippen molar-refractivity contribution in [2.45, 2.75) is 64.9 Å². The summed E-state index contributed by atoms with van der Waals surface area (Å²) in [7, 11) is 0. The number of nitrogens with one attached hydrogen (secondary N) is 1. The highest BCUT2D eigenvalue weighted by atomic mass is 19.1. The van der Waals surface area contributed by atoms with Gasteiger partial charge in [0.25, 0.3) is 11.9 Å². The van der Waals surface area contributed by atoms with Gasteiger partial charge in [0.15, 0.2) is 23.1 Å². The molecule has 1 spiro atoms. The molecule has 0 radical (unpaired) electrons. The van der Waals surface area contributed by atoms with Crippen molar-refractivity contribution < 1.29 is 22.7 Å². The molecular formula is C24H29F2N3O3. The Balaban J connectivity index is 1.30. The lowest BCUT2D eigenvalue weighted by Gasteiger charge is -2.15. The van der Waals surface area contributed by atoms with E-state index in [0.717, 1.165) is 50.9 Å². The maximum Gasteiger partial charge on any atom is 0.298 e. The standard InChI is InChI=1S/C24H29F2N3O3/c1-3-19-20(28-23(32-19)29-9-8-24(13-29)6-7-24)22(30)27-15-11-17(25)21(18(26)12-15)31-16-5-4-14(2)10-16/h11-12,14,16H,3-10,13H2,1-2H3,(H,27,30). The molecule has 1 aromatic carbocycles. The predicted molar refractivity (Wildman–Crippen MR) is 116 cm³/mol. The molecule has 5 rings (SSSR count). The molecule has 8 heteroatoms. The van der Waals surface area contributed by atoms with E-state index in [2.05, 4.69) is 22.1 Å². The molecule has 172 valence electrons. The molecule has 0 bridgehead atoms. The number of halogens is 2. The largest absolute Gasteiger partial charge is 0.484 e. The molecule has 3 aliphatic rings. The molecule has 1 aromatic heterocycles. The number of aromatic nitrogens is 1. The van der Waals surface area contributed by atoms with E-state index in [1.54, 1.807) is 0 Å². The number of ether oxygens (including phenoxy) is 1. The number of nitrogens with zero attached hydrogens (tertiary/aromatic N) is 2. The quantitative estimate of drug-likeness (QED) is 0.651. The molecule has 1 aliphatic heterocycles. The first-order valence-corrected chi connectivity index (χ1v) is 11.6. The van der Waals surface area contributed by atoms with Crippen LogP contribution in [0.3, 0.4) is 0 Å². The van der Waals surface area contributed by atoms with Crippen LogP contribution < -0.4 is 15.0 Å². The van der Waals surface area contributed by atoms with Crippen LogP contribution in [0.5, 0.6) is 5.75 Å². The van der Waals surface area contributed by atoms with Crippen LogP contribution in [-0.2, 0) is 6.42 Å². The molecule has 2 aromatic rings. The maximum atomic E-state index is 14.6. The van der Waals surface area contributed by atoms with Crippen molar-refractivity contribution in [1.29, 1.82) is 0 Å². The third-order valence-electron chi connectivity index (χ3n) is 7.08. The van der Waals surface area contributed by atoms with Crippen LogP contribution in [0.15, 0.2) is 16.5 Å². The Labute approximate surface area is 186 Å². The zero-order valence-electron chi connectivity index (χ0n) is 18.5. The second kappa shape index (κ2) is 8.05. The Kier molecular flexibility index (Phi) is 5.34. The third kappa shape index (κ3) is 4.07. The van der Waals surface area contributed by atoms with E-state index in [4.69, 9.17) is 9.15 Å². The van der Waals surface area contributed by atoms with E-state index >= 15 is 0 Å². The lowest BCUT2D eigenvalue weighted by molar-refractivity contribution is 0.102. The third-order valence-corrected chi connectivity index (χ3v) is 7.08. The van der Waals surface area contributed by atoms with Crippen LogP contribution in [0, 0.1) is 23.0 Å². The number of benzene rings is 1. The number of hydrogen-bond donors (Lipinski definition) is 1. The summed E-state index contributed by atoms with van der Waals surface area (Å²) in [4.78, 5) is 19.4. The Hall–Kier alpha value is -2.64. The van der Waals surface area contributed by atoms with Crippen LogP contribution in [0.4, 0.5) is 20.5 Å². The fourth-order valence-electron chi connectivity index (χ4n) is 4.94. The molecule has 2 atom stereocenters. The van der Waals surface area contributed by atoms with Gasteiger partial charge in [0, 0.05) is 37.3 Å². The van der Waals surface area contributed by atoms with Crippen molar-refractivity contribution in [1.82, 2.24) is 4.98 Å². The number of anilines is 2. The normalized spacial score (nSPS) is 23.7. The molecule has 3 fully saturated rings. The smallest absolute Gasteiger partial charge is 0.298 e. The molecule has 1 N–H and O–H groups in total. The first-order valence-electron chi connectivity index (χ1n) is 11.6. The topological polar surface area (TPSA) is 67.6 Å². The monoisotopic (exact) mass is 445 g/mol. The van der Waals surface area contributed by atoms with Crippen molar-refractivity contribution in [3.63, 3.8) is 0 Å². The number of carbonyl (C=O) groups excluding carboxylic acids is 1. The lowest BCUT2D eigenvalue weighted by Crippen LogP contribution is -2.21. The van der Waals surface area contributed by atoms with Gasteiger partial charge >= 0.3 is 0 Å². The number of rotatable bonds is 6. The summed E-state index contributed by atoms with van der Waals surface area (Å²) in [6.07, 6.45) is 6.43. The van der Waals surface area contributed by atoms with Gasteiger partial charge in [0.1, 0.15) is 5.76 Å². The molecular weight excluding hydrogens is 416 g/mol. The minimum absolute atomic E-state index is 0.0156. The van der Waals surface area contributed by atoms with Crippen molar-refractivity contribution >= 4 is 17.6 Å². The van der Waals surface area contributed by atoms with Crippen molar-refractivity contribution in [3.05, 3.63) is 35.2 Å². The van der Waals surface area contributed by atoms with Gasteiger partial charge in [-0.2, -0.15) is 4.98 Å². The molecule has 1 amide bonds. The first kappa shape index (κ1) is 21.2. The van der Waals surface area contributed by atoms with E-state index in [1.807, 2.05) is 6.92 Å².